The average Bonchev–Trinajstić information content (AvgIpc) is 3.67. The fourth-order valence-electron chi connectivity index (χ4n) is 5.74. The summed E-state index contributed by atoms with van der Waals surface area (Å²) < 4.78 is 41.5. The van der Waals surface area contributed by atoms with Gasteiger partial charge in [0.1, 0.15) is 11.5 Å². The Bertz CT molecular complexity index is 1540. The average molecular weight is 746 g/mol. The van der Waals surface area contributed by atoms with Gasteiger partial charge in [-0.2, -0.15) is 25.3 Å². The molecule has 3 N–H and O–H groups in total. The van der Waals surface area contributed by atoms with Gasteiger partial charge in [-0.15, -0.1) is 0 Å². The summed E-state index contributed by atoms with van der Waals surface area (Å²) in [5.74, 6) is 1.17. The summed E-state index contributed by atoms with van der Waals surface area (Å²) in [4.78, 5) is 42.7. The highest BCUT2D eigenvalue weighted by atomic mass is 32.2. The molecule has 1 aromatic carbocycles. The number of aromatic nitrogens is 1. The number of ether oxygens (including phenoxy) is 3. The number of pyridine rings is 1. The zero-order valence-electron chi connectivity index (χ0n) is 29.3. The molecule has 0 bridgehead atoms. The second-order valence-electron chi connectivity index (χ2n) is 12.7. The number of urea groups is 1. The second-order valence-corrected chi connectivity index (χ2v) is 15.7. The molecular formula is C36H51N5O8S2. The number of carbonyl (C=O) groups is 3. The molecule has 15 heteroatoms. The van der Waals surface area contributed by atoms with Crippen LogP contribution in [0.3, 0.4) is 0 Å². The predicted octanol–water partition coefficient (Wildman–Crippen LogP) is 4.57. The van der Waals surface area contributed by atoms with E-state index in [0.717, 1.165) is 49.8 Å². The number of carbonyl (C=O) groups excluding carboxylic acids is 3. The summed E-state index contributed by atoms with van der Waals surface area (Å²) >= 11 is 1.91. The molecule has 2 aliphatic heterocycles. The summed E-state index contributed by atoms with van der Waals surface area (Å²) in [6, 6.07) is 10.1. The van der Waals surface area contributed by atoms with E-state index in [2.05, 4.69) is 25.6 Å². The van der Waals surface area contributed by atoms with Crippen molar-refractivity contribution in [2.75, 3.05) is 45.4 Å². The lowest BCUT2D eigenvalue weighted by atomic mass is 10.0. The van der Waals surface area contributed by atoms with Crippen LogP contribution in [-0.2, 0) is 29.0 Å². The van der Waals surface area contributed by atoms with Crippen LogP contribution in [0.1, 0.15) is 85.8 Å². The molecule has 4 rings (SSSR count). The smallest absolute Gasteiger partial charge is 0.315 e. The fourth-order valence-corrected chi connectivity index (χ4v) is 8.08. The molecule has 2 aromatic rings. The number of hydrogen-bond acceptors (Lipinski definition) is 11. The number of rotatable bonds is 26. The number of thioether (sulfide) groups is 1. The quantitative estimate of drug-likeness (QED) is 0.0407. The Morgan fingerprint density at radius 1 is 0.902 bits per heavy atom. The van der Waals surface area contributed by atoms with Gasteiger partial charge in [0.05, 0.1) is 49.6 Å². The third kappa shape index (κ3) is 14.6. The molecule has 0 aliphatic carbocycles. The van der Waals surface area contributed by atoms with Gasteiger partial charge in [-0.05, 0) is 75.3 Å². The van der Waals surface area contributed by atoms with Crippen molar-refractivity contribution in [3.05, 3.63) is 59.4 Å². The molecule has 3 atom stereocenters. The zero-order valence-corrected chi connectivity index (χ0v) is 31.0. The number of Topliss-reactive ketones (excluding diaryl/α,β-unsaturated/α-hetero) is 2. The van der Waals surface area contributed by atoms with Crippen LogP contribution in [0.15, 0.2) is 52.6 Å². The Morgan fingerprint density at radius 2 is 1.55 bits per heavy atom. The molecule has 280 valence electrons. The Labute approximate surface area is 305 Å². The lowest BCUT2D eigenvalue weighted by Gasteiger charge is -2.16. The van der Waals surface area contributed by atoms with E-state index in [4.69, 9.17) is 14.2 Å². The van der Waals surface area contributed by atoms with Crippen molar-refractivity contribution >= 4 is 45.6 Å². The fraction of sp³-hybridized carbons (Fsp3) is 0.583. The standard InChI is InChI=1S/C36H51N5O8S2/c1-27-12-14-30(15-13-27)51(45,46)41-38-25-28-16-17-37-31(24-28)33(43)10-5-7-19-48-21-23-49-22-20-47-18-6-4-9-29(42)8-2-3-11-34-35-32(26-50-34)39-36(44)40-35/h12-17,24-25,32,34-35,41H,2-11,18-23,26H2,1H3,(H2,39,40,44)/b38-25+. The van der Waals surface area contributed by atoms with Crippen LogP contribution < -0.4 is 15.5 Å². The minimum Gasteiger partial charge on any atom is -0.379 e. The van der Waals surface area contributed by atoms with E-state index in [-0.39, 0.29) is 28.8 Å². The van der Waals surface area contributed by atoms with E-state index >= 15 is 0 Å². The van der Waals surface area contributed by atoms with Crippen LogP contribution in [-0.4, -0.2) is 99.9 Å². The minimum atomic E-state index is -3.79. The Hall–Kier alpha value is -3.37. The monoisotopic (exact) mass is 745 g/mol. The number of sulfonamides is 1. The number of unbranched alkanes of at least 4 members (excludes halogenated alkanes) is 3. The first-order chi connectivity index (χ1) is 24.7. The maximum atomic E-state index is 12.6. The number of nitrogens with zero attached hydrogens (tertiary/aromatic N) is 2. The van der Waals surface area contributed by atoms with Crippen LogP contribution in [0.5, 0.6) is 0 Å². The zero-order chi connectivity index (χ0) is 36.3. The Balaban J connectivity index is 0.914. The summed E-state index contributed by atoms with van der Waals surface area (Å²) in [5, 5.41) is 10.3. The first-order valence-electron chi connectivity index (χ1n) is 17.8. The predicted molar refractivity (Wildman–Crippen MR) is 197 cm³/mol. The van der Waals surface area contributed by atoms with Crippen molar-refractivity contribution in [3.8, 4) is 0 Å². The van der Waals surface area contributed by atoms with Gasteiger partial charge in [0, 0.05) is 49.7 Å². The summed E-state index contributed by atoms with van der Waals surface area (Å²) in [6.07, 6.45) is 10.4. The van der Waals surface area contributed by atoms with Gasteiger partial charge < -0.3 is 24.8 Å². The van der Waals surface area contributed by atoms with Gasteiger partial charge in [-0.1, -0.05) is 24.1 Å². The number of amides is 2. The van der Waals surface area contributed by atoms with Crippen molar-refractivity contribution in [1.82, 2.24) is 20.4 Å². The number of aryl methyl sites for hydroxylation is 1. The van der Waals surface area contributed by atoms with E-state index in [9.17, 15) is 22.8 Å². The third-order valence-electron chi connectivity index (χ3n) is 8.60. The van der Waals surface area contributed by atoms with Gasteiger partial charge >= 0.3 is 6.03 Å². The molecule has 1 aromatic heterocycles. The highest BCUT2D eigenvalue weighted by Gasteiger charge is 2.42. The first kappa shape index (κ1) is 40.4. The molecule has 2 amide bonds. The number of nitrogens with one attached hydrogen (secondary N) is 3. The molecule has 0 saturated carbocycles. The van der Waals surface area contributed by atoms with E-state index in [1.54, 1.807) is 24.3 Å². The molecule has 0 radical (unpaired) electrons. The number of fused-ring (bicyclic) bond motifs is 1. The number of benzene rings is 1. The maximum Gasteiger partial charge on any atom is 0.315 e. The number of ketones is 2. The molecule has 3 unspecified atom stereocenters. The Morgan fingerprint density at radius 3 is 2.25 bits per heavy atom. The highest BCUT2D eigenvalue weighted by Crippen LogP contribution is 2.33. The molecule has 3 heterocycles. The van der Waals surface area contributed by atoms with Gasteiger partial charge in [-0.3, -0.25) is 14.6 Å². The molecule has 0 spiro atoms. The SMILES string of the molecule is Cc1ccc(S(=O)(=O)N/N=C/c2ccnc(C(=O)CCCCOCCOCCOCCCCC(=O)CCCCC3SCC4NC(=O)NC43)c2)cc1. The number of hydrogen-bond donors (Lipinski definition) is 3. The van der Waals surface area contributed by atoms with E-state index in [1.165, 1.54) is 24.5 Å². The van der Waals surface area contributed by atoms with Crippen molar-refractivity contribution in [2.24, 2.45) is 5.10 Å². The van der Waals surface area contributed by atoms with E-state index in [0.29, 0.717) is 87.6 Å². The van der Waals surface area contributed by atoms with Crippen molar-refractivity contribution in [2.45, 2.75) is 93.4 Å². The molecule has 13 nitrogen and oxygen atoms in total. The molecule has 2 saturated heterocycles. The lowest BCUT2D eigenvalue weighted by molar-refractivity contribution is -0.119. The first-order valence-corrected chi connectivity index (χ1v) is 20.3. The normalized spacial score (nSPS) is 18.5. The van der Waals surface area contributed by atoms with Crippen LogP contribution in [0.2, 0.25) is 0 Å². The largest absolute Gasteiger partial charge is 0.379 e. The minimum absolute atomic E-state index is 0.0563. The van der Waals surface area contributed by atoms with Crippen LogP contribution >= 0.6 is 11.8 Å². The summed E-state index contributed by atoms with van der Waals surface area (Å²) in [6.45, 7) is 4.90. The molecule has 51 heavy (non-hydrogen) atoms. The lowest BCUT2D eigenvalue weighted by Crippen LogP contribution is -2.36. The molecule has 2 aliphatic rings. The van der Waals surface area contributed by atoms with E-state index in [1.807, 2.05) is 18.7 Å². The van der Waals surface area contributed by atoms with Crippen molar-refractivity contribution in [3.63, 3.8) is 0 Å². The summed E-state index contributed by atoms with van der Waals surface area (Å²) in [7, 11) is -3.79. The Kier molecular flexibility index (Phi) is 17.3. The van der Waals surface area contributed by atoms with Gasteiger partial charge in [0.25, 0.3) is 10.0 Å². The highest BCUT2D eigenvalue weighted by molar-refractivity contribution is 8.00. The van der Waals surface area contributed by atoms with Crippen molar-refractivity contribution in [1.29, 1.82) is 0 Å². The number of hydrazone groups is 1. The van der Waals surface area contributed by atoms with Crippen molar-refractivity contribution < 1.29 is 37.0 Å². The van der Waals surface area contributed by atoms with Crippen LogP contribution in [0, 0.1) is 6.92 Å². The molecule has 2 fully saturated rings. The van der Waals surface area contributed by atoms with Crippen LogP contribution in [0.4, 0.5) is 4.79 Å². The second kappa shape index (κ2) is 21.9. The third-order valence-corrected chi connectivity index (χ3v) is 11.3. The van der Waals surface area contributed by atoms with Gasteiger partial charge in [0.15, 0.2) is 5.78 Å². The topological polar surface area (TPSA) is 174 Å². The van der Waals surface area contributed by atoms with E-state index < -0.39 is 10.0 Å². The molecular weight excluding hydrogens is 695 g/mol. The van der Waals surface area contributed by atoms with Crippen LogP contribution in [0.25, 0.3) is 0 Å². The summed E-state index contributed by atoms with van der Waals surface area (Å²) in [5.41, 5.74) is 1.80. The maximum absolute atomic E-state index is 12.6. The van der Waals surface area contributed by atoms with Gasteiger partial charge in [-0.25, -0.2) is 9.63 Å². The van der Waals surface area contributed by atoms with Gasteiger partial charge in [0.2, 0.25) is 0 Å².